The van der Waals surface area contributed by atoms with E-state index in [4.69, 9.17) is 4.74 Å². The van der Waals surface area contributed by atoms with Crippen LogP contribution in [0.15, 0.2) is 0 Å². The summed E-state index contributed by atoms with van der Waals surface area (Å²) in [5.41, 5.74) is 0. The predicted octanol–water partition coefficient (Wildman–Crippen LogP) is 1.37. The number of nitrogens with one attached hydrogen (secondary N) is 1. The van der Waals surface area contributed by atoms with Crippen molar-refractivity contribution < 1.29 is 9.53 Å². The van der Waals surface area contributed by atoms with Gasteiger partial charge in [0.25, 0.3) is 0 Å². The Kier molecular flexibility index (Phi) is 4.75. The average Bonchev–Trinajstić information content (AvgIpc) is 2.78. The van der Waals surface area contributed by atoms with Crippen molar-refractivity contribution in [2.24, 2.45) is 13.0 Å². The van der Waals surface area contributed by atoms with E-state index >= 15 is 0 Å². The fourth-order valence-electron chi connectivity index (χ4n) is 2.60. The molecule has 1 amide bonds. The zero-order valence-electron chi connectivity index (χ0n) is 12.7. The maximum Gasteiger partial charge on any atom is 0.226 e. The molecule has 0 saturated carbocycles. The van der Waals surface area contributed by atoms with Gasteiger partial charge in [-0.2, -0.15) is 0 Å². The molecule has 20 heavy (non-hydrogen) atoms. The molecule has 6 nitrogen and oxygen atoms in total. The first-order chi connectivity index (χ1) is 9.50. The molecule has 1 aliphatic heterocycles. The minimum absolute atomic E-state index is 0.00512. The molecule has 6 heteroatoms. The first kappa shape index (κ1) is 15.0. The third kappa shape index (κ3) is 3.17. The molecule has 0 aliphatic carbocycles. The van der Waals surface area contributed by atoms with Crippen LogP contribution in [0.4, 0.5) is 0 Å². The SMILES string of the molecule is CC(C)c1nnc(CNC(=O)[C@H]2CCCO[C@@H]2C)n1C. The summed E-state index contributed by atoms with van der Waals surface area (Å²) in [7, 11) is 1.93. The van der Waals surface area contributed by atoms with Crippen molar-refractivity contribution in [1.82, 2.24) is 20.1 Å². The molecule has 1 aromatic heterocycles. The van der Waals surface area contributed by atoms with Crippen LogP contribution in [0.1, 0.15) is 51.2 Å². The van der Waals surface area contributed by atoms with E-state index in [0.717, 1.165) is 31.1 Å². The van der Waals surface area contributed by atoms with Crippen LogP contribution in [-0.2, 0) is 23.1 Å². The highest BCUT2D eigenvalue weighted by Crippen LogP contribution is 2.20. The highest BCUT2D eigenvalue weighted by atomic mass is 16.5. The Bertz CT molecular complexity index is 470. The average molecular weight is 280 g/mol. The second-order valence-electron chi connectivity index (χ2n) is 5.73. The van der Waals surface area contributed by atoms with Crippen molar-refractivity contribution in [3.05, 3.63) is 11.6 Å². The smallest absolute Gasteiger partial charge is 0.226 e. The van der Waals surface area contributed by atoms with Crippen LogP contribution in [0.3, 0.4) is 0 Å². The van der Waals surface area contributed by atoms with Gasteiger partial charge in [0.1, 0.15) is 5.82 Å². The number of amides is 1. The van der Waals surface area contributed by atoms with E-state index in [1.54, 1.807) is 0 Å². The molecular weight excluding hydrogens is 256 g/mol. The van der Waals surface area contributed by atoms with E-state index in [-0.39, 0.29) is 17.9 Å². The first-order valence-corrected chi connectivity index (χ1v) is 7.28. The van der Waals surface area contributed by atoms with Gasteiger partial charge >= 0.3 is 0 Å². The predicted molar refractivity (Wildman–Crippen MR) is 75.1 cm³/mol. The molecule has 0 spiro atoms. The molecule has 0 aromatic carbocycles. The molecular formula is C14H24N4O2. The van der Waals surface area contributed by atoms with Gasteiger partial charge in [0.15, 0.2) is 5.82 Å². The van der Waals surface area contributed by atoms with Gasteiger partial charge in [0, 0.05) is 19.6 Å². The number of ether oxygens (including phenoxy) is 1. The third-order valence-electron chi connectivity index (χ3n) is 3.88. The molecule has 2 atom stereocenters. The van der Waals surface area contributed by atoms with Crippen molar-refractivity contribution in [1.29, 1.82) is 0 Å². The Balaban J connectivity index is 1.93. The fraction of sp³-hybridized carbons (Fsp3) is 0.786. The molecule has 2 rings (SSSR count). The van der Waals surface area contributed by atoms with Gasteiger partial charge < -0.3 is 14.6 Å². The molecule has 1 saturated heterocycles. The summed E-state index contributed by atoms with van der Waals surface area (Å²) in [4.78, 5) is 12.2. The van der Waals surface area contributed by atoms with Crippen LogP contribution in [0.25, 0.3) is 0 Å². The lowest BCUT2D eigenvalue weighted by Crippen LogP contribution is -2.40. The number of nitrogens with zero attached hydrogens (tertiary/aromatic N) is 3. The van der Waals surface area contributed by atoms with Crippen LogP contribution in [0, 0.1) is 5.92 Å². The summed E-state index contributed by atoms with van der Waals surface area (Å²) in [5.74, 6) is 2.03. The summed E-state index contributed by atoms with van der Waals surface area (Å²) < 4.78 is 7.48. The molecule has 112 valence electrons. The Morgan fingerprint density at radius 1 is 1.50 bits per heavy atom. The minimum Gasteiger partial charge on any atom is -0.378 e. The monoisotopic (exact) mass is 280 g/mol. The van der Waals surface area contributed by atoms with Crippen LogP contribution >= 0.6 is 0 Å². The Morgan fingerprint density at radius 3 is 2.85 bits per heavy atom. The second kappa shape index (κ2) is 6.35. The van der Waals surface area contributed by atoms with E-state index < -0.39 is 0 Å². The Morgan fingerprint density at radius 2 is 2.25 bits per heavy atom. The zero-order valence-corrected chi connectivity index (χ0v) is 12.7. The van der Waals surface area contributed by atoms with E-state index in [1.807, 2.05) is 18.5 Å². The molecule has 0 radical (unpaired) electrons. The number of rotatable bonds is 4. The summed E-state index contributed by atoms with van der Waals surface area (Å²) in [6.07, 6.45) is 1.84. The first-order valence-electron chi connectivity index (χ1n) is 7.28. The van der Waals surface area contributed by atoms with Gasteiger partial charge in [-0.05, 0) is 19.8 Å². The number of hydrogen-bond donors (Lipinski definition) is 1. The quantitative estimate of drug-likeness (QED) is 0.904. The van der Waals surface area contributed by atoms with Gasteiger partial charge in [-0.3, -0.25) is 4.79 Å². The second-order valence-corrected chi connectivity index (χ2v) is 5.73. The van der Waals surface area contributed by atoms with Gasteiger partial charge in [-0.15, -0.1) is 10.2 Å². The summed E-state index contributed by atoms with van der Waals surface area (Å²) in [5, 5.41) is 11.2. The van der Waals surface area contributed by atoms with Gasteiger partial charge in [-0.1, -0.05) is 13.8 Å². The molecule has 1 aromatic rings. The lowest BCUT2D eigenvalue weighted by Gasteiger charge is -2.27. The molecule has 1 fully saturated rings. The highest BCUT2D eigenvalue weighted by Gasteiger charge is 2.28. The van der Waals surface area contributed by atoms with Crippen LogP contribution in [0.2, 0.25) is 0 Å². The maximum atomic E-state index is 12.2. The van der Waals surface area contributed by atoms with E-state index in [1.165, 1.54) is 0 Å². The largest absolute Gasteiger partial charge is 0.378 e. The Hall–Kier alpha value is -1.43. The maximum absolute atomic E-state index is 12.2. The molecule has 0 bridgehead atoms. The topological polar surface area (TPSA) is 69.0 Å². The minimum atomic E-state index is -0.0541. The van der Waals surface area contributed by atoms with Gasteiger partial charge in [0.05, 0.1) is 18.6 Å². The van der Waals surface area contributed by atoms with Crippen molar-refractivity contribution in [3.63, 3.8) is 0 Å². The highest BCUT2D eigenvalue weighted by molar-refractivity contribution is 5.79. The lowest BCUT2D eigenvalue weighted by molar-refractivity contribution is -0.133. The lowest BCUT2D eigenvalue weighted by atomic mass is 9.94. The number of carbonyl (C=O) groups excluding carboxylic acids is 1. The number of aromatic nitrogens is 3. The standard InChI is InChI=1S/C14H24N4O2/c1-9(2)13-17-16-12(18(13)4)8-15-14(19)11-6-5-7-20-10(11)3/h9-11H,5-8H2,1-4H3,(H,15,19)/t10-,11+/m1/s1. The third-order valence-corrected chi connectivity index (χ3v) is 3.88. The van der Waals surface area contributed by atoms with Crippen molar-refractivity contribution in [2.45, 2.75) is 52.2 Å². The summed E-state index contributed by atoms with van der Waals surface area (Å²) >= 11 is 0. The Labute approximate surface area is 119 Å². The van der Waals surface area contributed by atoms with E-state index in [0.29, 0.717) is 12.5 Å². The van der Waals surface area contributed by atoms with Crippen LogP contribution in [0.5, 0.6) is 0 Å². The molecule has 0 unspecified atom stereocenters. The van der Waals surface area contributed by atoms with Crippen molar-refractivity contribution in [3.8, 4) is 0 Å². The summed E-state index contributed by atoms with van der Waals surface area (Å²) in [6.45, 7) is 7.29. The fourth-order valence-corrected chi connectivity index (χ4v) is 2.60. The van der Waals surface area contributed by atoms with Gasteiger partial charge in [0.2, 0.25) is 5.91 Å². The molecule has 2 heterocycles. The van der Waals surface area contributed by atoms with Gasteiger partial charge in [-0.25, -0.2) is 0 Å². The van der Waals surface area contributed by atoms with Crippen LogP contribution < -0.4 is 5.32 Å². The molecule has 1 aliphatic rings. The number of carbonyl (C=O) groups is 1. The number of hydrogen-bond acceptors (Lipinski definition) is 4. The van der Waals surface area contributed by atoms with E-state index in [9.17, 15) is 4.79 Å². The van der Waals surface area contributed by atoms with E-state index in [2.05, 4.69) is 29.4 Å². The van der Waals surface area contributed by atoms with Crippen molar-refractivity contribution >= 4 is 5.91 Å². The normalized spacial score (nSPS) is 23.1. The zero-order chi connectivity index (χ0) is 14.7. The summed E-state index contributed by atoms with van der Waals surface area (Å²) in [6, 6.07) is 0. The van der Waals surface area contributed by atoms with Crippen molar-refractivity contribution in [2.75, 3.05) is 6.61 Å². The van der Waals surface area contributed by atoms with Crippen LogP contribution in [-0.4, -0.2) is 33.4 Å². The molecule has 1 N–H and O–H groups in total.